The van der Waals surface area contributed by atoms with E-state index in [1.165, 1.54) is 0 Å². The van der Waals surface area contributed by atoms with Gasteiger partial charge in [0.05, 0.1) is 0 Å². The van der Waals surface area contributed by atoms with Gasteiger partial charge in [-0.05, 0) is 50.8 Å². The van der Waals surface area contributed by atoms with Gasteiger partial charge < -0.3 is 15.4 Å². The van der Waals surface area contributed by atoms with Crippen molar-refractivity contribution in [2.24, 2.45) is 0 Å². The quantitative estimate of drug-likeness (QED) is 0.686. The van der Waals surface area contributed by atoms with Crippen LogP contribution in [0.2, 0.25) is 0 Å². The lowest BCUT2D eigenvalue weighted by molar-refractivity contribution is -0.123. The van der Waals surface area contributed by atoms with Crippen molar-refractivity contribution in [2.75, 3.05) is 6.54 Å². The number of carbonyl (C=O) groups is 2. The van der Waals surface area contributed by atoms with Gasteiger partial charge in [0.15, 0.2) is 0 Å². The van der Waals surface area contributed by atoms with Gasteiger partial charge in [0.2, 0.25) is 5.91 Å². The number of hydrogen-bond donors (Lipinski definition) is 2. The van der Waals surface area contributed by atoms with Crippen LogP contribution in [-0.4, -0.2) is 35.2 Å². The van der Waals surface area contributed by atoms with Crippen molar-refractivity contribution < 1.29 is 14.3 Å². The molecule has 0 saturated heterocycles. The number of nitrogens with zero attached hydrogens (tertiary/aromatic N) is 1. The lowest BCUT2D eigenvalue weighted by atomic mass is 10.1. The molecule has 2 amide bonds. The Morgan fingerprint density at radius 1 is 1.07 bits per heavy atom. The van der Waals surface area contributed by atoms with Crippen LogP contribution in [0.25, 0.3) is 0 Å². The van der Waals surface area contributed by atoms with Crippen LogP contribution in [-0.2, 0) is 22.4 Å². The molecule has 6 nitrogen and oxygen atoms in total. The summed E-state index contributed by atoms with van der Waals surface area (Å²) in [5, 5.41) is 5.61. The van der Waals surface area contributed by atoms with Crippen LogP contribution in [0.1, 0.15) is 38.3 Å². The molecule has 0 fully saturated rings. The number of aromatic nitrogens is 1. The largest absolute Gasteiger partial charge is 0.444 e. The van der Waals surface area contributed by atoms with Crippen LogP contribution in [0, 0.1) is 0 Å². The fourth-order valence-corrected chi connectivity index (χ4v) is 2.68. The first-order valence-corrected chi connectivity index (χ1v) is 9.53. The van der Waals surface area contributed by atoms with Crippen molar-refractivity contribution in [3.05, 3.63) is 66.0 Å². The van der Waals surface area contributed by atoms with Crippen LogP contribution < -0.4 is 10.6 Å². The standard InChI is InChI=1S/C22H29N3O3/c1-22(2,3)28-21(27)25-19(15-17-9-5-4-6-10-17)20(26)24-14-8-12-18-11-7-13-23-16-18/h4-7,9-11,13,16,19H,8,12,14-15H2,1-3H3,(H,24,26)(H,25,27). The van der Waals surface area contributed by atoms with Crippen LogP contribution in [0.5, 0.6) is 0 Å². The maximum atomic E-state index is 12.7. The monoisotopic (exact) mass is 383 g/mol. The zero-order valence-corrected chi connectivity index (χ0v) is 16.8. The summed E-state index contributed by atoms with van der Waals surface area (Å²) in [4.78, 5) is 28.9. The maximum absolute atomic E-state index is 12.7. The first-order valence-electron chi connectivity index (χ1n) is 9.53. The molecule has 0 radical (unpaired) electrons. The summed E-state index contributed by atoms with van der Waals surface area (Å²) in [6, 6.07) is 12.8. The van der Waals surface area contributed by atoms with E-state index in [2.05, 4.69) is 15.6 Å². The molecule has 1 unspecified atom stereocenters. The third-order valence-electron chi connectivity index (χ3n) is 3.95. The molecule has 2 aromatic rings. The van der Waals surface area contributed by atoms with Crippen LogP contribution in [0.3, 0.4) is 0 Å². The molecule has 0 aliphatic carbocycles. The van der Waals surface area contributed by atoms with Gasteiger partial charge in [-0.15, -0.1) is 0 Å². The highest BCUT2D eigenvalue weighted by Crippen LogP contribution is 2.09. The summed E-state index contributed by atoms with van der Waals surface area (Å²) < 4.78 is 5.30. The van der Waals surface area contributed by atoms with Crippen molar-refractivity contribution in [2.45, 2.75) is 51.7 Å². The Balaban J connectivity index is 1.90. The number of rotatable bonds is 8. The van der Waals surface area contributed by atoms with Crippen molar-refractivity contribution in [3.63, 3.8) is 0 Å². The van der Waals surface area contributed by atoms with Crippen LogP contribution in [0.15, 0.2) is 54.9 Å². The molecule has 2 N–H and O–H groups in total. The van der Waals surface area contributed by atoms with E-state index in [-0.39, 0.29) is 5.91 Å². The van der Waals surface area contributed by atoms with Gasteiger partial charge in [0.1, 0.15) is 11.6 Å². The lowest BCUT2D eigenvalue weighted by Crippen LogP contribution is -2.49. The molecule has 1 heterocycles. The first-order chi connectivity index (χ1) is 13.3. The number of pyridine rings is 1. The molecule has 0 aliphatic heterocycles. The Bertz CT molecular complexity index is 743. The Hall–Kier alpha value is -2.89. The highest BCUT2D eigenvalue weighted by molar-refractivity contribution is 5.86. The van der Waals surface area contributed by atoms with Gasteiger partial charge in [-0.25, -0.2) is 4.79 Å². The molecule has 1 aromatic carbocycles. The fraction of sp³-hybridized carbons (Fsp3) is 0.409. The molecule has 1 atom stereocenters. The van der Waals surface area contributed by atoms with E-state index in [4.69, 9.17) is 4.74 Å². The molecule has 0 saturated carbocycles. The second-order valence-electron chi connectivity index (χ2n) is 7.64. The van der Waals surface area contributed by atoms with Crippen LogP contribution >= 0.6 is 0 Å². The third kappa shape index (κ3) is 8.20. The molecule has 28 heavy (non-hydrogen) atoms. The topological polar surface area (TPSA) is 80.3 Å². The summed E-state index contributed by atoms with van der Waals surface area (Å²) in [5.41, 5.74) is 1.47. The number of nitrogens with one attached hydrogen (secondary N) is 2. The molecule has 0 bridgehead atoms. The van der Waals surface area contributed by atoms with Gasteiger partial charge in [0, 0.05) is 25.4 Å². The predicted octanol–water partition coefficient (Wildman–Crippen LogP) is 3.27. The summed E-state index contributed by atoms with van der Waals surface area (Å²) >= 11 is 0. The minimum atomic E-state index is -0.698. The minimum absolute atomic E-state index is 0.221. The summed E-state index contributed by atoms with van der Waals surface area (Å²) in [6.07, 6.45) is 4.98. The molecule has 0 aliphatic rings. The molecule has 1 aromatic heterocycles. The van der Waals surface area contributed by atoms with Gasteiger partial charge in [-0.2, -0.15) is 0 Å². The number of ether oxygens (including phenoxy) is 1. The highest BCUT2D eigenvalue weighted by atomic mass is 16.6. The SMILES string of the molecule is CC(C)(C)OC(=O)NC(Cc1ccccc1)C(=O)NCCCc1cccnc1. The number of amides is 2. The number of benzene rings is 1. The second kappa shape index (κ2) is 10.4. The van der Waals surface area contributed by atoms with E-state index in [0.717, 1.165) is 24.0 Å². The summed E-state index contributed by atoms with van der Waals surface area (Å²) in [5.74, 6) is -0.221. The lowest BCUT2D eigenvalue weighted by Gasteiger charge is -2.23. The van der Waals surface area contributed by atoms with E-state index < -0.39 is 17.7 Å². The average molecular weight is 383 g/mol. The number of alkyl carbamates (subject to hydrolysis) is 1. The molecule has 0 spiro atoms. The third-order valence-corrected chi connectivity index (χ3v) is 3.95. The van der Waals surface area contributed by atoms with E-state index in [1.807, 2.05) is 48.7 Å². The fourth-order valence-electron chi connectivity index (χ4n) is 2.68. The van der Waals surface area contributed by atoms with Gasteiger partial charge in [-0.1, -0.05) is 36.4 Å². The normalized spacial score (nSPS) is 12.1. The Morgan fingerprint density at radius 2 is 1.79 bits per heavy atom. The van der Waals surface area contributed by atoms with Crippen molar-refractivity contribution in [1.29, 1.82) is 0 Å². The number of carbonyl (C=O) groups excluding carboxylic acids is 2. The zero-order chi connectivity index (χ0) is 20.4. The van der Waals surface area contributed by atoms with Crippen molar-refractivity contribution >= 4 is 12.0 Å². The summed E-state index contributed by atoms with van der Waals surface area (Å²) in [6.45, 7) is 5.89. The summed E-state index contributed by atoms with van der Waals surface area (Å²) in [7, 11) is 0. The molecular formula is C22H29N3O3. The Kier molecular flexibility index (Phi) is 7.99. The Labute approximate surface area is 166 Å². The smallest absolute Gasteiger partial charge is 0.408 e. The first kappa shape index (κ1) is 21.4. The van der Waals surface area contributed by atoms with Gasteiger partial charge in [0.25, 0.3) is 0 Å². The maximum Gasteiger partial charge on any atom is 0.408 e. The van der Waals surface area contributed by atoms with Gasteiger partial charge in [-0.3, -0.25) is 9.78 Å². The molecular weight excluding hydrogens is 354 g/mol. The molecule has 2 rings (SSSR count). The van der Waals surface area contributed by atoms with Crippen molar-refractivity contribution in [1.82, 2.24) is 15.6 Å². The molecule has 6 heteroatoms. The number of hydrogen-bond acceptors (Lipinski definition) is 4. The van der Waals surface area contributed by atoms with Crippen molar-refractivity contribution in [3.8, 4) is 0 Å². The zero-order valence-electron chi connectivity index (χ0n) is 16.8. The second-order valence-corrected chi connectivity index (χ2v) is 7.64. The highest BCUT2D eigenvalue weighted by Gasteiger charge is 2.24. The molecule has 150 valence electrons. The average Bonchev–Trinajstić information content (AvgIpc) is 2.65. The van der Waals surface area contributed by atoms with E-state index >= 15 is 0 Å². The number of aryl methyl sites for hydroxylation is 1. The van der Waals surface area contributed by atoms with E-state index in [9.17, 15) is 9.59 Å². The van der Waals surface area contributed by atoms with E-state index in [1.54, 1.807) is 27.0 Å². The van der Waals surface area contributed by atoms with Crippen LogP contribution in [0.4, 0.5) is 4.79 Å². The van der Waals surface area contributed by atoms with E-state index in [0.29, 0.717) is 13.0 Å². The predicted molar refractivity (Wildman–Crippen MR) is 109 cm³/mol. The van der Waals surface area contributed by atoms with Gasteiger partial charge >= 0.3 is 6.09 Å². The Morgan fingerprint density at radius 3 is 2.43 bits per heavy atom. The minimum Gasteiger partial charge on any atom is -0.444 e.